The van der Waals surface area contributed by atoms with Gasteiger partial charge in [-0.05, 0) is 42.4 Å². The molecule has 0 aromatic carbocycles. The Balaban J connectivity index is 2.18. The predicted octanol–water partition coefficient (Wildman–Crippen LogP) is 2.44. The Morgan fingerprint density at radius 1 is 1.48 bits per heavy atom. The molecule has 2 rings (SSSR count). The molecule has 1 aromatic heterocycles. The van der Waals surface area contributed by atoms with Crippen LogP contribution in [0.4, 0.5) is 5.82 Å². The second-order valence-corrected chi connectivity index (χ2v) is 6.22. The first kappa shape index (κ1) is 16.2. The first-order chi connectivity index (χ1) is 10.1. The second-order valence-electron chi connectivity index (χ2n) is 5.31. The summed E-state index contributed by atoms with van der Waals surface area (Å²) >= 11 is 3.40. The van der Waals surface area contributed by atoms with Gasteiger partial charge in [-0.15, -0.1) is 0 Å². The molecule has 116 valence electrons. The molecule has 1 fully saturated rings. The largest absolute Gasteiger partial charge is 0.370 e. The van der Waals surface area contributed by atoms with Crippen molar-refractivity contribution in [1.29, 1.82) is 0 Å². The quantitative estimate of drug-likeness (QED) is 0.901. The van der Waals surface area contributed by atoms with Gasteiger partial charge in [0.25, 0.3) is 5.91 Å². The minimum atomic E-state index is 0.0577. The molecule has 1 atom stereocenters. The van der Waals surface area contributed by atoms with Crippen LogP contribution in [0, 0.1) is 0 Å². The molecular formula is C15H23BrN4O. The van der Waals surface area contributed by atoms with Crippen LogP contribution in [0.25, 0.3) is 0 Å². The van der Waals surface area contributed by atoms with Crippen molar-refractivity contribution in [2.45, 2.75) is 26.8 Å². The van der Waals surface area contributed by atoms with E-state index in [2.05, 4.69) is 45.0 Å². The van der Waals surface area contributed by atoms with E-state index in [1.807, 2.05) is 17.9 Å². The van der Waals surface area contributed by atoms with Crippen LogP contribution in [-0.4, -0.2) is 59.5 Å². The van der Waals surface area contributed by atoms with Gasteiger partial charge in [0.15, 0.2) is 0 Å². The molecular weight excluding hydrogens is 332 g/mol. The van der Waals surface area contributed by atoms with E-state index in [0.717, 1.165) is 37.2 Å². The first-order valence-electron chi connectivity index (χ1n) is 7.49. The summed E-state index contributed by atoms with van der Waals surface area (Å²) in [4.78, 5) is 21.4. The predicted molar refractivity (Wildman–Crippen MR) is 88.7 cm³/mol. The van der Waals surface area contributed by atoms with Gasteiger partial charge in [0.1, 0.15) is 5.82 Å². The summed E-state index contributed by atoms with van der Waals surface area (Å²) < 4.78 is 0.827. The third kappa shape index (κ3) is 3.74. The topological polar surface area (TPSA) is 48.5 Å². The SMILES string of the molecule is CCNc1ncc(Br)cc1C(=O)N1CCN(CC)C(C)C1. The number of hydrogen-bond acceptors (Lipinski definition) is 4. The van der Waals surface area contributed by atoms with E-state index in [-0.39, 0.29) is 5.91 Å². The number of amides is 1. The fourth-order valence-corrected chi connectivity index (χ4v) is 3.06. The number of aromatic nitrogens is 1. The highest BCUT2D eigenvalue weighted by atomic mass is 79.9. The Hall–Kier alpha value is -1.14. The first-order valence-corrected chi connectivity index (χ1v) is 8.28. The van der Waals surface area contributed by atoms with Gasteiger partial charge in [0.2, 0.25) is 0 Å². The summed E-state index contributed by atoms with van der Waals surface area (Å²) in [5.41, 5.74) is 0.642. The summed E-state index contributed by atoms with van der Waals surface area (Å²) in [6.45, 7) is 10.6. The number of nitrogens with one attached hydrogen (secondary N) is 1. The molecule has 0 saturated carbocycles. The number of rotatable bonds is 4. The van der Waals surface area contributed by atoms with E-state index in [4.69, 9.17) is 0 Å². The number of carbonyl (C=O) groups is 1. The number of carbonyl (C=O) groups excluding carboxylic acids is 1. The summed E-state index contributed by atoms with van der Waals surface area (Å²) in [7, 11) is 0. The molecule has 0 radical (unpaired) electrons. The maximum Gasteiger partial charge on any atom is 0.257 e. The van der Waals surface area contributed by atoms with E-state index in [0.29, 0.717) is 17.4 Å². The number of anilines is 1. The molecule has 6 heteroatoms. The van der Waals surface area contributed by atoms with Gasteiger partial charge in [-0.3, -0.25) is 9.69 Å². The Kier molecular flexibility index (Phi) is 5.58. The Labute approximate surface area is 134 Å². The molecule has 0 bridgehead atoms. The maximum atomic E-state index is 12.8. The van der Waals surface area contributed by atoms with E-state index >= 15 is 0 Å². The minimum absolute atomic E-state index is 0.0577. The van der Waals surface area contributed by atoms with Gasteiger partial charge < -0.3 is 10.2 Å². The number of pyridine rings is 1. The molecule has 1 aliphatic rings. The normalized spacial score (nSPS) is 19.6. The van der Waals surface area contributed by atoms with E-state index in [9.17, 15) is 4.79 Å². The van der Waals surface area contributed by atoms with Crippen molar-refractivity contribution in [1.82, 2.24) is 14.8 Å². The zero-order valence-corrected chi connectivity index (χ0v) is 14.5. The van der Waals surface area contributed by atoms with Crippen molar-refractivity contribution in [3.63, 3.8) is 0 Å². The van der Waals surface area contributed by atoms with Crippen molar-refractivity contribution in [2.75, 3.05) is 38.0 Å². The Bertz CT molecular complexity index is 508. The highest BCUT2D eigenvalue weighted by Crippen LogP contribution is 2.21. The minimum Gasteiger partial charge on any atom is -0.370 e. The second kappa shape index (κ2) is 7.22. The molecule has 21 heavy (non-hydrogen) atoms. The summed E-state index contributed by atoms with van der Waals surface area (Å²) in [5.74, 6) is 0.721. The molecule has 0 spiro atoms. The third-order valence-corrected chi connectivity index (χ3v) is 4.32. The highest BCUT2D eigenvalue weighted by molar-refractivity contribution is 9.10. The molecule has 1 aliphatic heterocycles. The molecule has 0 aliphatic carbocycles. The lowest BCUT2D eigenvalue weighted by molar-refractivity contribution is 0.0529. The van der Waals surface area contributed by atoms with Crippen LogP contribution in [0.3, 0.4) is 0 Å². The van der Waals surface area contributed by atoms with Gasteiger partial charge in [-0.25, -0.2) is 4.98 Å². The van der Waals surface area contributed by atoms with Crippen molar-refractivity contribution in [3.8, 4) is 0 Å². The standard InChI is InChI=1S/C15H23BrN4O/c1-4-17-14-13(8-12(16)9-18-14)15(21)20-7-6-19(5-2)11(3)10-20/h8-9,11H,4-7,10H2,1-3H3,(H,17,18). The van der Waals surface area contributed by atoms with Gasteiger partial charge in [0, 0.05) is 42.9 Å². The molecule has 1 unspecified atom stereocenters. The van der Waals surface area contributed by atoms with Gasteiger partial charge in [0.05, 0.1) is 5.56 Å². The van der Waals surface area contributed by atoms with Crippen molar-refractivity contribution in [2.24, 2.45) is 0 Å². The van der Waals surface area contributed by atoms with E-state index < -0.39 is 0 Å². The lowest BCUT2D eigenvalue weighted by Crippen LogP contribution is -2.53. The lowest BCUT2D eigenvalue weighted by Gasteiger charge is -2.39. The van der Waals surface area contributed by atoms with E-state index in [1.165, 1.54) is 0 Å². The number of piperazine rings is 1. The van der Waals surface area contributed by atoms with Crippen LogP contribution in [0.2, 0.25) is 0 Å². The Morgan fingerprint density at radius 2 is 2.24 bits per heavy atom. The zero-order valence-electron chi connectivity index (χ0n) is 12.9. The molecule has 2 heterocycles. The van der Waals surface area contributed by atoms with Gasteiger partial charge >= 0.3 is 0 Å². The molecule has 1 amide bonds. The number of nitrogens with zero attached hydrogens (tertiary/aromatic N) is 3. The monoisotopic (exact) mass is 354 g/mol. The smallest absolute Gasteiger partial charge is 0.257 e. The van der Waals surface area contributed by atoms with E-state index in [1.54, 1.807) is 6.20 Å². The molecule has 1 N–H and O–H groups in total. The van der Waals surface area contributed by atoms with Crippen molar-refractivity contribution >= 4 is 27.7 Å². The van der Waals surface area contributed by atoms with Crippen LogP contribution in [0.15, 0.2) is 16.7 Å². The lowest BCUT2D eigenvalue weighted by atomic mass is 10.1. The molecule has 5 nitrogen and oxygen atoms in total. The summed E-state index contributed by atoms with van der Waals surface area (Å²) in [5, 5.41) is 3.16. The number of likely N-dealkylation sites (N-methyl/N-ethyl adjacent to an activating group) is 1. The fraction of sp³-hybridized carbons (Fsp3) is 0.600. The number of halogens is 1. The van der Waals surface area contributed by atoms with Gasteiger partial charge in [-0.2, -0.15) is 0 Å². The van der Waals surface area contributed by atoms with Crippen molar-refractivity contribution < 1.29 is 4.79 Å². The van der Waals surface area contributed by atoms with Crippen molar-refractivity contribution in [3.05, 3.63) is 22.3 Å². The number of hydrogen-bond donors (Lipinski definition) is 1. The summed E-state index contributed by atoms with van der Waals surface area (Å²) in [6.07, 6.45) is 1.71. The van der Waals surface area contributed by atoms with Crippen LogP contribution < -0.4 is 5.32 Å². The van der Waals surface area contributed by atoms with Gasteiger partial charge in [-0.1, -0.05) is 6.92 Å². The van der Waals surface area contributed by atoms with Crippen LogP contribution in [0.1, 0.15) is 31.1 Å². The van der Waals surface area contributed by atoms with Crippen LogP contribution >= 0.6 is 15.9 Å². The molecule has 1 aromatic rings. The summed E-state index contributed by atoms with van der Waals surface area (Å²) in [6, 6.07) is 2.25. The molecule has 1 saturated heterocycles. The third-order valence-electron chi connectivity index (χ3n) is 3.89. The zero-order chi connectivity index (χ0) is 15.4. The average molecular weight is 355 g/mol. The average Bonchev–Trinajstić information content (AvgIpc) is 2.48. The maximum absolute atomic E-state index is 12.8. The van der Waals surface area contributed by atoms with Crippen LogP contribution in [0.5, 0.6) is 0 Å². The fourth-order valence-electron chi connectivity index (χ4n) is 2.73. The van der Waals surface area contributed by atoms with Crippen LogP contribution in [-0.2, 0) is 0 Å². The highest BCUT2D eigenvalue weighted by Gasteiger charge is 2.27. The Morgan fingerprint density at radius 3 is 2.86 bits per heavy atom.